The zero-order valence-corrected chi connectivity index (χ0v) is 36.1. The molecule has 12 aromatic carbocycles. The molecule has 0 unspecified atom stereocenters. The molecule has 308 valence electrons. The summed E-state index contributed by atoms with van der Waals surface area (Å²) in [5.74, 6) is 0. The Morgan fingerprint density at radius 2 is 0.788 bits per heavy atom. The minimum absolute atomic E-state index is 1.08. The van der Waals surface area contributed by atoms with Gasteiger partial charge >= 0.3 is 0 Å². The first-order valence-corrected chi connectivity index (χ1v) is 22.8. The van der Waals surface area contributed by atoms with Crippen molar-refractivity contribution in [3.8, 4) is 39.1 Å². The maximum atomic E-state index is 2.48. The van der Waals surface area contributed by atoms with E-state index in [0.29, 0.717) is 0 Å². The van der Waals surface area contributed by atoms with E-state index in [4.69, 9.17) is 0 Å². The molecule has 0 bridgehead atoms. The number of fused-ring (bicyclic) bond motifs is 9. The highest BCUT2D eigenvalue weighted by molar-refractivity contribution is 6.19. The van der Waals surface area contributed by atoms with Gasteiger partial charge < -0.3 is 9.47 Å². The van der Waals surface area contributed by atoms with Crippen LogP contribution in [0.2, 0.25) is 0 Å². The number of para-hydroxylation sites is 3. The fourth-order valence-corrected chi connectivity index (χ4v) is 10.6. The van der Waals surface area contributed by atoms with Crippen molar-refractivity contribution in [2.75, 3.05) is 4.90 Å². The lowest BCUT2D eigenvalue weighted by molar-refractivity contribution is 1.19. The second-order valence-electron chi connectivity index (χ2n) is 17.2. The third kappa shape index (κ3) is 6.11. The fraction of sp³-hybridized carbons (Fsp3) is 0. The topological polar surface area (TPSA) is 8.17 Å². The lowest BCUT2D eigenvalue weighted by atomic mass is 9.92. The molecule has 0 saturated carbocycles. The van der Waals surface area contributed by atoms with E-state index in [0.717, 1.165) is 28.3 Å². The Labute approximate surface area is 383 Å². The highest BCUT2D eigenvalue weighted by Crippen LogP contribution is 2.46. The molecule has 0 aliphatic carbocycles. The van der Waals surface area contributed by atoms with Crippen LogP contribution in [0.4, 0.5) is 17.1 Å². The van der Waals surface area contributed by atoms with Gasteiger partial charge in [0.1, 0.15) is 0 Å². The first-order valence-electron chi connectivity index (χ1n) is 22.8. The average molecular weight is 839 g/mol. The number of nitrogens with zero attached hydrogens (tertiary/aromatic N) is 2. The average Bonchev–Trinajstić information content (AvgIpc) is 3.74. The van der Waals surface area contributed by atoms with E-state index in [1.54, 1.807) is 0 Å². The third-order valence-corrected chi connectivity index (χ3v) is 13.6. The second kappa shape index (κ2) is 15.5. The van der Waals surface area contributed by atoms with Gasteiger partial charge in [0, 0.05) is 38.7 Å². The van der Waals surface area contributed by atoms with Crippen LogP contribution in [0.25, 0.3) is 104 Å². The first kappa shape index (κ1) is 37.8. The van der Waals surface area contributed by atoms with Crippen molar-refractivity contribution in [2.45, 2.75) is 0 Å². The minimum atomic E-state index is 1.08. The first-order chi connectivity index (χ1) is 32.8. The van der Waals surface area contributed by atoms with E-state index >= 15 is 0 Å². The number of hydrogen-bond acceptors (Lipinski definition) is 1. The summed E-state index contributed by atoms with van der Waals surface area (Å²) in [6.45, 7) is 0. The number of aromatic nitrogens is 1. The van der Waals surface area contributed by atoms with Crippen LogP contribution in [0.5, 0.6) is 0 Å². The van der Waals surface area contributed by atoms with Crippen molar-refractivity contribution >= 4 is 82.0 Å². The highest BCUT2D eigenvalue weighted by Gasteiger charge is 2.21. The molecule has 0 amide bonds. The minimum Gasteiger partial charge on any atom is -0.310 e. The number of anilines is 3. The SMILES string of the molecule is c1ccc(N(c2ccc(-c3ccccc3-n3c4ccccc4c4ccc5ccccc5c43)cc2)c2ccc(-c3cccc4ccccc34)cc2)c(-c2cc3ccccc3c3ccccc23)c1. The van der Waals surface area contributed by atoms with Gasteiger partial charge in [0.2, 0.25) is 0 Å². The van der Waals surface area contributed by atoms with Crippen LogP contribution >= 0.6 is 0 Å². The van der Waals surface area contributed by atoms with Crippen LogP contribution < -0.4 is 4.90 Å². The van der Waals surface area contributed by atoms with Gasteiger partial charge in [-0.15, -0.1) is 0 Å². The van der Waals surface area contributed by atoms with Gasteiger partial charge in [0.25, 0.3) is 0 Å². The van der Waals surface area contributed by atoms with E-state index in [1.165, 1.54) is 92.7 Å². The Balaban J connectivity index is 0.989. The molecule has 0 N–H and O–H groups in total. The summed E-state index contributed by atoms with van der Waals surface area (Å²) < 4.78 is 2.48. The Morgan fingerprint density at radius 3 is 1.55 bits per heavy atom. The molecular formula is C64H42N2. The molecule has 2 heteroatoms. The van der Waals surface area contributed by atoms with Crippen LogP contribution in [-0.2, 0) is 0 Å². The molecule has 0 saturated heterocycles. The molecule has 0 aliphatic rings. The number of rotatable bonds is 7. The zero-order valence-electron chi connectivity index (χ0n) is 36.1. The summed E-state index contributed by atoms with van der Waals surface area (Å²) in [7, 11) is 0. The van der Waals surface area contributed by atoms with Gasteiger partial charge in [0.15, 0.2) is 0 Å². The summed E-state index contributed by atoms with van der Waals surface area (Å²) >= 11 is 0. The van der Waals surface area contributed by atoms with Crippen molar-refractivity contribution < 1.29 is 0 Å². The van der Waals surface area contributed by atoms with Crippen molar-refractivity contribution in [1.29, 1.82) is 0 Å². The molecular weight excluding hydrogens is 797 g/mol. The smallest absolute Gasteiger partial charge is 0.0619 e. The quantitative estimate of drug-likeness (QED) is 0.145. The van der Waals surface area contributed by atoms with Crippen LogP contribution in [-0.4, -0.2) is 4.57 Å². The Kier molecular flexibility index (Phi) is 8.89. The van der Waals surface area contributed by atoms with E-state index in [-0.39, 0.29) is 0 Å². The number of hydrogen-bond donors (Lipinski definition) is 0. The molecule has 66 heavy (non-hydrogen) atoms. The molecule has 0 aliphatic heterocycles. The highest BCUT2D eigenvalue weighted by atomic mass is 15.1. The normalized spacial score (nSPS) is 11.6. The lowest BCUT2D eigenvalue weighted by Gasteiger charge is -2.29. The molecule has 2 nitrogen and oxygen atoms in total. The Bertz CT molecular complexity index is 3980. The largest absolute Gasteiger partial charge is 0.310 e. The monoisotopic (exact) mass is 838 g/mol. The predicted molar refractivity (Wildman–Crippen MR) is 282 cm³/mol. The molecule has 0 atom stereocenters. The standard InChI is InChI=1S/C64H42N2/c1-4-20-50-43(16-1)19-15-28-51(50)45-32-37-48(38-33-45)65(62-30-13-11-27-58(62)60-42-47-18-3-5-21-52(47)55-24-7-8-25-56(55)60)49-39-34-46(35-40-49)53-22-9-12-29-61(53)66-63-31-14-10-26-57(63)59-41-36-44-17-2-6-23-54(44)64(59)66/h1-42H. The maximum absolute atomic E-state index is 2.48. The molecule has 13 rings (SSSR count). The van der Waals surface area contributed by atoms with Crippen LogP contribution in [0, 0.1) is 0 Å². The van der Waals surface area contributed by atoms with E-state index in [1.807, 2.05) is 0 Å². The Morgan fingerprint density at radius 1 is 0.273 bits per heavy atom. The van der Waals surface area contributed by atoms with E-state index < -0.39 is 0 Å². The van der Waals surface area contributed by atoms with Gasteiger partial charge in [0.05, 0.1) is 22.4 Å². The number of benzene rings is 12. The van der Waals surface area contributed by atoms with Gasteiger partial charge in [-0.3, -0.25) is 0 Å². The lowest BCUT2D eigenvalue weighted by Crippen LogP contribution is -2.11. The van der Waals surface area contributed by atoms with Crippen LogP contribution in [0.3, 0.4) is 0 Å². The summed E-state index contributed by atoms with van der Waals surface area (Å²) in [5, 5.41) is 12.5. The summed E-state index contributed by atoms with van der Waals surface area (Å²) in [6, 6.07) is 93.3. The second-order valence-corrected chi connectivity index (χ2v) is 17.2. The van der Waals surface area contributed by atoms with E-state index in [9.17, 15) is 0 Å². The van der Waals surface area contributed by atoms with Gasteiger partial charge in [-0.25, -0.2) is 0 Å². The van der Waals surface area contributed by atoms with Crippen LogP contribution in [0.15, 0.2) is 255 Å². The maximum Gasteiger partial charge on any atom is 0.0619 e. The van der Waals surface area contributed by atoms with Crippen molar-refractivity contribution in [1.82, 2.24) is 4.57 Å². The zero-order chi connectivity index (χ0) is 43.6. The summed E-state index contributed by atoms with van der Waals surface area (Å²) in [4.78, 5) is 2.43. The molecule has 1 aromatic heterocycles. The van der Waals surface area contributed by atoms with Crippen molar-refractivity contribution in [3.05, 3.63) is 255 Å². The fourth-order valence-electron chi connectivity index (χ4n) is 10.6. The van der Waals surface area contributed by atoms with Gasteiger partial charge in [-0.2, -0.15) is 0 Å². The molecule has 0 fully saturated rings. The summed E-state index contributed by atoms with van der Waals surface area (Å²) in [6.07, 6.45) is 0. The predicted octanol–water partition coefficient (Wildman–Crippen LogP) is 17.9. The summed E-state index contributed by atoms with van der Waals surface area (Å²) in [5.41, 5.74) is 14.0. The third-order valence-electron chi connectivity index (χ3n) is 13.6. The molecule has 13 aromatic rings. The molecule has 0 radical (unpaired) electrons. The Hall–Kier alpha value is -8.72. The molecule has 0 spiro atoms. The van der Waals surface area contributed by atoms with Crippen LogP contribution in [0.1, 0.15) is 0 Å². The van der Waals surface area contributed by atoms with E-state index in [2.05, 4.69) is 264 Å². The molecule has 1 heterocycles. The van der Waals surface area contributed by atoms with Crippen molar-refractivity contribution in [3.63, 3.8) is 0 Å². The van der Waals surface area contributed by atoms with Crippen molar-refractivity contribution in [2.24, 2.45) is 0 Å². The van der Waals surface area contributed by atoms with Gasteiger partial charge in [-0.1, -0.05) is 206 Å². The van der Waals surface area contributed by atoms with Gasteiger partial charge in [-0.05, 0) is 108 Å².